The van der Waals surface area contributed by atoms with E-state index in [0.717, 1.165) is 18.1 Å². The highest BCUT2D eigenvalue weighted by Crippen LogP contribution is 2.34. The lowest BCUT2D eigenvalue weighted by atomic mass is 9.85. The van der Waals surface area contributed by atoms with E-state index < -0.39 is 0 Å². The van der Waals surface area contributed by atoms with Crippen LogP contribution in [-0.2, 0) is 0 Å². The van der Waals surface area contributed by atoms with Gasteiger partial charge in [-0.05, 0) is 69.9 Å². The maximum Gasteiger partial charge on any atom is 0.00964 e. The van der Waals surface area contributed by atoms with Crippen LogP contribution in [0, 0.1) is 5.41 Å². The molecule has 2 heteroatoms. The van der Waals surface area contributed by atoms with E-state index in [0.29, 0.717) is 5.41 Å². The summed E-state index contributed by atoms with van der Waals surface area (Å²) < 4.78 is 0. The fraction of sp³-hybridized carbons (Fsp3) is 1.00. The zero-order valence-corrected chi connectivity index (χ0v) is 13.0. The largest absolute Gasteiger partial charge is 0.311 e. The van der Waals surface area contributed by atoms with Crippen molar-refractivity contribution >= 4 is 0 Å². The summed E-state index contributed by atoms with van der Waals surface area (Å²) in [7, 11) is 0. The Labute approximate surface area is 119 Å². The van der Waals surface area contributed by atoms with Crippen molar-refractivity contribution in [1.82, 2.24) is 10.2 Å². The highest BCUT2D eigenvalue weighted by atomic mass is 15.2. The molecule has 19 heavy (non-hydrogen) atoms. The van der Waals surface area contributed by atoms with Gasteiger partial charge in [0.05, 0.1) is 0 Å². The summed E-state index contributed by atoms with van der Waals surface area (Å²) in [6.45, 7) is 7.59. The summed E-state index contributed by atoms with van der Waals surface area (Å²) >= 11 is 0. The van der Waals surface area contributed by atoms with Crippen molar-refractivity contribution in [3.05, 3.63) is 0 Å². The number of hydrogen-bond acceptors (Lipinski definition) is 2. The van der Waals surface area contributed by atoms with E-state index in [4.69, 9.17) is 0 Å². The average molecular weight is 264 g/mol. The lowest BCUT2D eigenvalue weighted by Crippen LogP contribution is -2.46. The molecule has 110 valence electrons. The van der Waals surface area contributed by atoms with Gasteiger partial charge in [-0.2, -0.15) is 0 Å². The van der Waals surface area contributed by atoms with Crippen molar-refractivity contribution in [2.75, 3.05) is 13.1 Å². The lowest BCUT2D eigenvalue weighted by Gasteiger charge is -2.34. The Hall–Kier alpha value is -0.0800. The van der Waals surface area contributed by atoms with Crippen molar-refractivity contribution in [2.24, 2.45) is 5.41 Å². The summed E-state index contributed by atoms with van der Waals surface area (Å²) in [4.78, 5) is 2.73. The topological polar surface area (TPSA) is 15.3 Å². The SMILES string of the molecule is CC1(C)CCCC(NC2CCN(C3CC3)CC2)CC1. The maximum atomic E-state index is 3.99. The standard InChI is InChI=1S/C17H32N2/c1-17(2)10-3-4-14(7-11-17)18-15-8-12-19(13-9-15)16-5-6-16/h14-16,18H,3-13H2,1-2H3. The Kier molecular flexibility index (Phi) is 4.19. The van der Waals surface area contributed by atoms with E-state index in [9.17, 15) is 0 Å². The molecule has 0 spiro atoms. The van der Waals surface area contributed by atoms with Crippen molar-refractivity contribution in [2.45, 2.75) is 89.8 Å². The van der Waals surface area contributed by atoms with Crippen LogP contribution < -0.4 is 5.32 Å². The van der Waals surface area contributed by atoms with Crippen LogP contribution in [0.25, 0.3) is 0 Å². The Morgan fingerprint density at radius 3 is 2.21 bits per heavy atom. The molecule has 0 aromatic rings. The summed E-state index contributed by atoms with van der Waals surface area (Å²) in [6, 6.07) is 2.58. The molecular formula is C17H32N2. The number of rotatable bonds is 3. The van der Waals surface area contributed by atoms with E-state index >= 15 is 0 Å². The van der Waals surface area contributed by atoms with Gasteiger partial charge in [0.2, 0.25) is 0 Å². The highest BCUT2D eigenvalue weighted by molar-refractivity contribution is 4.90. The van der Waals surface area contributed by atoms with Gasteiger partial charge in [-0.15, -0.1) is 0 Å². The molecule has 0 aromatic carbocycles. The molecule has 1 heterocycles. The fourth-order valence-electron chi connectivity index (χ4n) is 4.03. The molecule has 0 bridgehead atoms. The summed E-state index contributed by atoms with van der Waals surface area (Å²) in [5.74, 6) is 0. The van der Waals surface area contributed by atoms with Gasteiger partial charge in [0, 0.05) is 18.1 Å². The third kappa shape index (κ3) is 3.95. The van der Waals surface area contributed by atoms with E-state index in [-0.39, 0.29) is 0 Å². The minimum atomic E-state index is 0.589. The highest BCUT2D eigenvalue weighted by Gasteiger charge is 2.32. The lowest BCUT2D eigenvalue weighted by molar-refractivity contribution is 0.180. The van der Waals surface area contributed by atoms with E-state index in [1.54, 1.807) is 0 Å². The van der Waals surface area contributed by atoms with Gasteiger partial charge >= 0.3 is 0 Å². The number of nitrogens with zero attached hydrogens (tertiary/aromatic N) is 1. The molecule has 2 nitrogen and oxygen atoms in total. The molecule has 0 amide bonds. The molecule has 1 saturated heterocycles. The first-order chi connectivity index (χ1) is 9.12. The van der Waals surface area contributed by atoms with Crippen LogP contribution in [0.3, 0.4) is 0 Å². The fourth-order valence-corrected chi connectivity index (χ4v) is 4.03. The van der Waals surface area contributed by atoms with Crippen LogP contribution in [0.1, 0.15) is 71.6 Å². The Bertz CT molecular complexity index is 288. The molecule has 3 aliphatic rings. The Morgan fingerprint density at radius 2 is 1.53 bits per heavy atom. The molecule has 2 saturated carbocycles. The van der Waals surface area contributed by atoms with Crippen molar-refractivity contribution in [3.63, 3.8) is 0 Å². The van der Waals surface area contributed by atoms with Gasteiger partial charge in [0.25, 0.3) is 0 Å². The van der Waals surface area contributed by atoms with Crippen LogP contribution in [-0.4, -0.2) is 36.1 Å². The van der Waals surface area contributed by atoms with Gasteiger partial charge in [-0.25, -0.2) is 0 Å². The minimum absolute atomic E-state index is 0.589. The Balaban J connectivity index is 1.41. The third-order valence-corrected chi connectivity index (χ3v) is 5.64. The quantitative estimate of drug-likeness (QED) is 0.784. The molecule has 0 radical (unpaired) electrons. The smallest absolute Gasteiger partial charge is 0.00964 e. The average Bonchev–Trinajstić information content (AvgIpc) is 3.20. The van der Waals surface area contributed by atoms with Crippen LogP contribution in [0.5, 0.6) is 0 Å². The zero-order valence-electron chi connectivity index (χ0n) is 13.0. The van der Waals surface area contributed by atoms with Gasteiger partial charge < -0.3 is 10.2 Å². The molecule has 2 aliphatic carbocycles. The Morgan fingerprint density at radius 1 is 0.842 bits per heavy atom. The minimum Gasteiger partial charge on any atom is -0.311 e. The molecule has 3 fully saturated rings. The van der Waals surface area contributed by atoms with E-state index in [2.05, 4.69) is 24.1 Å². The monoisotopic (exact) mass is 264 g/mol. The molecule has 1 unspecified atom stereocenters. The first-order valence-electron chi connectivity index (χ1n) is 8.62. The predicted molar refractivity (Wildman–Crippen MR) is 81.4 cm³/mol. The zero-order chi connectivity index (χ0) is 13.3. The van der Waals surface area contributed by atoms with Gasteiger partial charge in [-0.3, -0.25) is 0 Å². The summed E-state index contributed by atoms with van der Waals surface area (Å²) in [5.41, 5.74) is 0.589. The van der Waals surface area contributed by atoms with E-state index in [1.165, 1.54) is 70.9 Å². The van der Waals surface area contributed by atoms with Gasteiger partial charge in [0.1, 0.15) is 0 Å². The van der Waals surface area contributed by atoms with Crippen molar-refractivity contribution in [1.29, 1.82) is 0 Å². The molecule has 1 N–H and O–H groups in total. The number of likely N-dealkylation sites (tertiary alicyclic amines) is 1. The molecule has 3 rings (SSSR count). The number of piperidine rings is 1. The van der Waals surface area contributed by atoms with Gasteiger partial charge in [0.15, 0.2) is 0 Å². The van der Waals surface area contributed by atoms with Crippen LogP contribution >= 0.6 is 0 Å². The third-order valence-electron chi connectivity index (χ3n) is 5.64. The van der Waals surface area contributed by atoms with Crippen molar-refractivity contribution in [3.8, 4) is 0 Å². The van der Waals surface area contributed by atoms with E-state index in [1.807, 2.05) is 0 Å². The number of nitrogens with one attached hydrogen (secondary N) is 1. The molecule has 1 aliphatic heterocycles. The molecule has 1 atom stereocenters. The first kappa shape index (κ1) is 13.9. The van der Waals surface area contributed by atoms with Crippen LogP contribution in [0.15, 0.2) is 0 Å². The normalized spacial score (nSPS) is 34.1. The maximum absolute atomic E-state index is 3.99. The van der Waals surface area contributed by atoms with Crippen LogP contribution in [0.2, 0.25) is 0 Å². The predicted octanol–water partition coefficient (Wildman–Crippen LogP) is 3.56. The number of hydrogen-bond donors (Lipinski definition) is 1. The molecular weight excluding hydrogens is 232 g/mol. The van der Waals surface area contributed by atoms with Crippen LogP contribution in [0.4, 0.5) is 0 Å². The second kappa shape index (κ2) is 5.73. The van der Waals surface area contributed by atoms with Gasteiger partial charge in [-0.1, -0.05) is 20.3 Å². The second-order valence-corrected chi connectivity index (χ2v) is 8.00. The second-order valence-electron chi connectivity index (χ2n) is 8.00. The molecule has 0 aromatic heterocycles. The summed E-state index contributed by atoms with van der Waals surface area (Å²) in [5, 5.41) is 3.99. The first-order valence-corrected chi connectivity index (χ1v) is 8.62. The summed E-state index contributed by atoms with van der Waals surface area (Å²) in [6.07, 6.45) is 12.8. The van der Waals surface area contributed by atoms with Crippen molar-refractivity contribution < 1.29 is 0 Å².